The minimum absolute atomic E-state index is 0.296. The van der Waals surface area contributed by atoms with Crippen molar-refractivity contribution in [3.05, 3.63) is 23.8 Å². The molecule has 2 heterocycles. The standard InChI is InChI=1S/C16H23NO3/c1-12-2-3-14(11-18)10-17(12)9-13-4-5-15-16(8-13)20-7-6-19-15/h4-5,8,12,14,18H,2-3,6-7,9-11H2,1H3. The van der Waals surface area contributed by atoms with E-state index in [4.69, 9.17) is 9.47 Å². The number of likely N-dealkylation sites (tertiary alicyclic amines) is 1. The van der Waals surface area contributed by atoms with Crippen molar-refractivity contribution >= 4 is 0 Å². The Morgan fingerprint density at radius 3 is 2.80 bits per heavy atom. The van der Waals surface area contributed by atoms with Crippen molar-refractivity contribution in [2.45, 2.75) is 32.4 Å². The maximum atomic E-state index is 9.36. The van der Waals surface area contributed by atoms with Gasteiger partial charge in [-0.25, -0.2) is 0 Å². The fraction of sp³-hybridized carbons (Fsp3) is 0.625. The fourth-order valence-electron chi connectivity index (χ4n) is 3.05. The Kier molecular flexibility index (Phi) is 4.13. The first-order valence-corrected chi connectivity index (χ1v) is 7.49. The molecule has 0 bridgehead atoms. The third-order valence-corrected chi connectivity index (χ3v) is 4.36. The Hall–Kier alpha value is -1.26. The number of nitrogens with zero attached hydrogens (tertiary/aromatic N) is 1. The first-order chi connectivity index (χ1) is 9.76. The van der Waals surface area contributed by atoms with Gasteiger partial charge < -0.3 is 14.6 Å². The lowest BCUT2D eigenvalue weighted by Gasteiger charge is -2.37. The highest BCUT2D eigenvalue weighted by atomic mass is 16.6. The van der Waals surface area contributed by atoms with Gasteiger partial charge in [0.1, 0.15) is 13.2 Å². The second kappa shape index (κ2) is 6.02. The van der Waals surface area contributed by atoms with Crippen molar-refractivity contribution in [3.8, 4) is 11.5 Å². The Labute approximate surface area is 120 Å². The summed E-state index contributed by atoms with van der Waals surface area (Å²) in [6.07, 6.45) is 2.30. The van der Waals surface area contributed by atoms with Crippen molar-refractivity contribution in [2.24, 2.45) is 5.92 Å². The van der Waals surface area contributed by atoms with Crippen LogP contribution in [0.15, 0.2) is 18.2 Å². The van der Waals surface area contributed by atoms with Gasteiger partial charge in [-0.1, -0.05) is 6.07 Å². The Morgan fingerprint density at radius 1 is 1.20 bits per heavy atom. The molecule has 1 aromatic rings. The summed E-state index contributed by atoms with van der Waals surface area (Å²) < 4.78 is 11.2. The first kappa shape index (κ1) is 13.7. The van der Waals surface area contributed by atoms with Crippen LogP contribution in [0.4, 0.5) is 0 Å². The predicted molar refractivity (Wildman–Crippen MR) is 77.1 cm³/mol. The van der Waals surface area contributed by atoms with Crippen LogP contribution < -0.4 is 9.47 Å². The van der Waals surface area contributed by atoms with E-state index < -0.39 is 0 Å². The Bertz CT molecular complexity index is 463. The molecule has 0 amide bonds. The summed E-state index contributed by atoms with van der Waals surface area (Å²) >= 11 is 0. The lowest BCUT2D eigenvalue weighted by atomic mass is 9.93. The van der Waals surface area contributed by atoms with E-state index in [9.17, 15) is 5.11 Å². The third kappa shape index (κ3) is 2.91. The fourth-order valence-corrected chi connectivity index (χ4v) is 3.05. The highest BCUT2D eigenvalue weighted by molar-refractivity contribution is 5.43. The molecule has 4 nitrogen and oxygen atoms in total. The van der Waals surface area contributed by atoms with Gasteiger partial charge in [-0.05, 0) is 43.4 Å². The van der Waals surface area contributed by atoms with E-state index in [0.29, 0.717) is 31.8 Å². The molecule has 0 spiro atoms. The number of rotatable bonds is 3. The average molecular weight is 277 g/mol. The lowest BCUT2D eigenvalue weighted by Crippen LogP contribution is -2.42. The van der Waals surface area contributed by atoms with Gasteiger partial charge in [0.05, 0.1) is 0 Å². The molecule has 1 saturated heterocycles. The summed E-state index contributed by atoms with van der Waals surface area (Å²) in [5, 5.41) is 9.36. The molecule has 1 N–H and O–H groups in total. The van der Waals surface area contributed by atoms with Crippen LogP contribution in [0.2, 0.25) is 0 Å². The highest BCUT2D eigenvalue weighted by Crippen LogP contribution is 2.32. The molecule has 2 atom stereocenters. The van der Waals surface area contributed by atoms with Crippen LogP contribution in [0.3, 0.4) is 0 Å². The number of hydrogen-bond donors (Lipinski definition) is 1. The largest absolute Gasteiger partial charge is 0.486 e. The molecule has 2 aliphatic rings. The van der Waals surface area contributed by atoms with Crippen LogP contribution in [0.5, 0.6) is 11.5 Å². The van der Waals surface area contributed by atoms with Crippen LogP contribution in [0, 0.1) is 5.92 Å². The summed E-state index contributed by atoms with van der Waals surface area (Å²) in [6, 6.07) is 6.78. The van der Waals surface area contributed by atoms with Crippen LogP contribution in [0.1, 0.15) is 25.3 Å². The Morgan fingerprint density at radius 2 is 2.00 bits per heavy atom. The summed E-state index contributed by atoms with van der Waals surface area (Å²) in [5.41, 5.74) is 1.25. The highest BCUT2D eigenvalue weighted by Gasteiger charge is 2.25. The number of ether oxygens (including phenoxy) is 2. The van der Waals surface area contributed by atoms with Crippen molar-refractivity contribution in [1.29, 1.82) is 0 Å². The van der Waals surface area contributed by atoms with Crippen molar-refractivity contribution < 1.29 is 14.6 Å². The minimum atomic E-state index is 0.296. The molecule has 0 radical (unpaired) electrons. The van der Waals surface area contributed by atoms with Crippen molar-refractivity contribution in [3.63, 3.8) is 0 Å². The van der Waals surface area contributed by atoms with Gasteiger partial charge in [-0.3, -0.25) is 4.90 Å². The zero-order valence-corrected chi connectivity index (χ0v) is 12.0. The minimum Gasteiger partial charge on any atom is -0.486 e. The van der Waals surface area contributed by atoms with Crippen molar-refractivity contribution in [2.75, 3.05) is 26.4 Å². The van der Waals surface area contributed by atoms with Gasteiger partial charge in [0, 0.05) is 25.7 Å². The quantitative estimate of drug-likeness (QED) is 0.918. The number of piperidine rings is 1. The zero-order valence-electron chi connectivity index (χ0n) is 12.0. The van der Waals surface area contributed by atoms with Crippen LogP contribution >= 0.6 is 0 Å². The summed E-state index contributed by atoms with van der Waals surface area (Å²) in [4.78, 5) is 2.45. The van der Waals surface area contributed by atoms with E-state index in [-0.39, 0.29) is 0 Å². The monoisotopic (exact) mass is 277 g/mol. The number of fused-ring (bicyclic) bond motifs is 1. The SMILES string of the molecule is CC1CCC(CO)CN1Cc1ccc2c(c1)OCCO2. The molecular formula is C16H23NO3. The van der Waals surface area contributed by atoms with Crippen LogP contribution in [-0.4, -0.2) is 42.4 Å². The van der Waals surface area contributed by atoms with Crippen LogP contribution in [0.25, 0.3) is 0 Å². The lowest BCUT2D eigenvalue weighted by molar-refractivity contribution is 0.0769. The number of aliphatic hydroxyl groups excluding tert-OH is 1. The average Bonchev–Trinajstić information content (AvgIpc) is 2.49. The molecule has 0 aliphatic carbocycles. The molecule has 1 aromatic carbocycles. The molecular weight excluding hydrogens is 254 g/mol. The maximum Gasteiger partial charge on any atom is 0.161 e. The number of aliphatic hydroxyl groups is 1. The molecule has 3 rings (SSSR count). The van der Waals surface area contributed by atoms with E-state index in [1.807, 2.05) is 6.07 Å². The molecule has 0 saturated carbocycles. The van der Waals surface area contributed by atoms with E-state index in [0.717, 1.165) is 37.4 Å². The molecule has 0 aromatic heterocycles. The molecule has 20 heavy (non-hydrogen) atoms. The summed E-state index contributed by atoms with van der Waals surface area (Å²) in [6.45, 7) is 5.72. The smallest absolute Gasteiger partial charge is 0.161 e. The van der Waals surface area contributed by atoms with E-state index in [2.05, 4.69) is 24.0 Å². The molecule has 110 valence electrons. The van der Waals surface area contributed by atoms with Gasteiger partial charge >= 0.3 is 0 Å². The molecule has 2 aliphatic heterocycles. The van der Waals surface area contributed by atoms with Gasteiger partial charge in [0.25, 0.3) is 0 Å². The molecule has 2 unspecified atom stereocenters. The second-order valence-electron chi connectivity index (χ2n) is 5.88. The van der Waals surface area contributed by atoms with Gasteiger partial charge in [-0.15, -0.1) is 0 Å². The normalized spacial score (nSPS) is 26.5. The van der Waals surface area contributed by atoms with E-state index >= 15 is 0 Å². The molecule has 1 fully saturated rings. The van der Waals surface area contributed by atoms with Crippen LogP contribution in [-0.2, 0) is 6.54 Å². The topological polar surface area (TPSA) is 41.9 Å². The van der Waals surface area contributed by atoms with Gasteiger partial charge in [0.2, 0.25) is 0 Å². The van der Waals surface area contributed by atoms with E-state index in [1.165, 1.54) is 5.56 Å². The summed E-state index contributed by atoms with van der Waals surface area (Å²) in [7, 11) is 0. The second-order valence-corrected chi connectivity index (χ2v) is 5.88. The van der Waals surface area contributed by atoms with Crippen molar-refractivity contribution in [1.82, 2.24) is 4.90 Å². The first-order valence-electron chi connectivity index (χ1n) is 7.49. The van der Waals surface area contributed by atoms with E-state index in [1.54, 1.807) is 0 Å². The molecule has 4 heteroatoms. The van der Waals surface area contributed by atoms with Gasteiger partial charge in [-0.2, -0.15) is 0 Å². The predicted octanol–water partition coefficient (Wildman–Crippen LogP) is 2.05. The van der Waals surface area contributed by atoms with Gasteiger partial charge in [0.15, 0.2) is 11.5 Å². The maximum absolute atomic E-state index is 9.36. The number of benzene rings is 1. The number of hydrogen-bond acceptors (Lipinski definition) is 4. The zero-order chi connectivity index (χ0) is 13.9. The Balaban J connectivity index is 1.70. The summed E-state index contributed by atoms with van der Waals surface area (Å²) in [5.74, 6) is 2.13. The third-order valence-electron chi connectivity index (χ3n) is 4.36.